The Morgan fingerprint density at radius 2 is 2.11 bits per heavy atom. The number of rotatable bonds is 2. The molecule has 0 bridgehead atoms. The number of carbonyl (C=O) groups is 1. The summed E-state index contributed by atoms with van der Waals surface area (Å²) in [5.74, 6) is -0.521. The Labute approximate surface area is 107 Å². The smallest absolute Gasteiger partial charge is 0.338 e. The number of hydrogen-bond donors (Lipinski definition) is 2. The van der Waals surface area contributed by atoms with Crippen LogP contribution in [0.5, 0.6) is 0 Å². The van der Waals surface area contributed by atoms with Gasteiger partial charge in [0.25, 0.3) is 0 Å². The summed E-state index contributed by atoms with van der Waals surface area (Å²) in [4.78, 5) is 11.8. The van der Waals surface area contributed by atoms with Gasteiger partial charge in [0.2, 0.25) is 0 Å². The summed E-state index contributed by atoms with van der Waals surface area (Å²) < 4.78 is 28.4. The van der Waals surface area contributed by atoms with Gasteiger partial charge in [-0.1, -0.05) is 6.07 Å². The monoisotopic (exact) mass is 272 g/mol. The molecule has 0 aliphatic carbocycles. The third kappa shape index (κ3) is 3.02. The van der Waals surface area contributed by atoms with Crippen LogP contribution in [0.2, 0.25) is 0 Å². The van der Waals surface area contributed by atoms with Gasteiger partial charge in [-0.05, 0) is 37.1 Å². The van der Waals surface area contributed by atoms with Gasteiger partial charge in [-0.2, -0.15) is 0 Å². The lowest BCUT2D eigenvalue weighted by molar-refractivity contribution is 0.0301. The van der Waals surface area contributed by atoms with Crippen LogP contribution in [0.4, 0.5) is 0 Å². The molecule has 5 nitrogen and oxygen atoms in total. The van der Waals surface area contributed by atoms with Crippen LogP contribution in [0.1, 0.15) is 21.5 Å². The average Bonchev–Trinajstić information content (AvgIpc) is 2.62. The Morgan fingerprint density at radius 3 is 2.67 bits per heavy atom. The molecule has 1 heterocycles. The van der Waals surface area contributed by atoms with E-state index < -0.39 is 22.9 Å². The van der Waals surface area contributed by atoms with Crippen molar-refractivity contribution in [2.24, 2.45) is 0 Å². The minimum absolute atomic E-state index is 0.0267. The summed E-state index contributed by atoms with van der Waals surface area (Å²) in [6.07, 6.45) is -0.593. The second-order valence-electron chi connectivity index (χ2n) is 4.38. The van der Waals surface area contributed by atoms with E-state index in [2.05, 4.69) is 0 Å². The molecule has 1 aromatic rings. The van der Waals surface area contributed by atoms with E-state index in [1.807, 2.05) is 19.9 Å². The Morgan fingerprint density at radius 1 is 1.39 bits per heavy atom. The summed E-state index contributed by atoms with van der Waals surface area (Å²) in [5, 5.41) is 0. The molecule has 1 unspecified atom stereocenters. The van der Waals surface area contributed by atoms with Gasteiger partial charge in [0, 0.05) is 0 Å². The van der Waals surface area contributed by atoms with Crippen LogP contribution in [0.15, 0.2) is 18.2 Å². The summed E-state index contributed by atoms with van der Waals surface area (Å²) in [7, 11) is -3.02. The van der Waals surface area contributed by atoms with Crippen molar-refractivity contribution in [1.29, 1.82) is 0 Å². The molecular weight excluding hydrogens is 256 g/mol. The van der Waals surface area contributed by atoms with Crippen molar-refractivity contribution in [3.8, 4) is 0 Å². The normalized spacial score (nSPS) is 23.7. The van der Waals surface area contributed by atoms with Crippen LogP contribution in [0.3, 0.4) is 0 Å². The average molecular weight is 272 g/mol. The molecular formula is C12H16O5S. The molecule has 1 aliphatic rings. The highest BCUT2D eigenvalue weighted by Crippen LogP contribution is 2.46. The fourth-order valence-corrected chi connectivity index (χ4v) is 2.79. The van der Waals surface area contributed by atoms with E-state index in [-0.39, 0.29) is 12.4 Å². The van der Waals surface area contributed by atoms with E-state index in [4.69, 9.17) is 8.92 Å². The van der Waals surface area contributed by atoms with Gasteiger partial charge in [0.15, 0.2) is 0 Å². The van der Waals surface area contributed by atoms with Crippen LogP contribution in [0.25, 0.3) is 0 Å². The van der Waals surface area contributed by atoms with E-state index in [1.165, 1.54) is 0 Å². The fourth-order valence-electron chi connectivity index (χ4n) is 1.68. The number of carbonyl (C=O) groups excluding carboxylic acids is 1. The topological polar surface area (TPSA) is 76.0 Å². The molecule has 0 radical (unpaired) electrons. The van der Waals surface area contributed by atoms with Crippen molar-refractivity contribution < 1.29 is 22.8 Å². The zero-order chi connectivity index (χ0) is 13.3. The number of esters is 1. The maximum absolute atomic E-state index is 11.8. The van der Waals surface area contributed by atoms with Crippen molar-refractivity contribution in [1.82, 2.24) is 0 Å². The summed E-state index contributed by atoms with van der Waals surface area (Å²) in [6, 6.07) is 5.30. The molecule has 0 amide bonds. The number of benzene rings is 1. The number of hydrogen-bond acceptors (Lipinski definition) is 5. The van der Waals surface area contributed by atoms with E-state index in [0.717, 1.165) is 11.1 Å². The van der Waals surface area contributed by atoms with Crippen molar-refractivity contribution in [2.75, 3.05) is 12.4 Å². The zero-order valence-corrected chi connectivity index (χ0v) is 11.1. The first kappa shape index (κ1) is 13.4. The first-order chi connectivity index (χ1) is 8.37. The predicted octanol–water partition coefficient (Wildman–Crippen LogP) is 2.52. The minimum Gasteiger partial charge on any atom is -0.455 e. The molecule has 6 heteroatoms. The SMILES string of the molecule is Cc1ccc(C(=O)OC2COS(O)(O)C2)cc1C. The van der Waals surface area contributed by atoms with Crippen molar-refractivity contribution >= 4 is 16.8 Å². The lowest BCUT2D eigenvalue weighted by Crippen LogP contribution is -2.21. The van der Waals surface area contributed by atoms with Crippen LogP contribution in [-0.2, 0) is 8.92 Å². The van der Waals surface area contributed by atoms with Crippen LogP contribution in [-0.4, -0.2) is 33.5 Å². The molecule has 1 fully saturated rings. The van der Waals surface area contributed by atoms with E-state index >= 15 is 0 Å². The first-order valence-corrected chi connectivity index (χ1v) is 7.20. The van der Waals surface area contributed by atoms with Crippen molar-refractivity contribution in [2.45, 2.75) is 20.0 Å². The summed E-state index contributed by atoms with van der Waals surface area (Å²) in [6.45, 7) is 3.91. The molecule has 1 saturated heterocycles. The van der Waals surface area contributed by atoms with Gasteiger partial charge in [0.05, 0.1) is 22.2 Å². The third-order valence-corrected chi connectivity index (χ3v) is 4.18. The van der Waals surface area contributed by atoms with Gasteiger partial charge in [-0.25, -0.2) is 4.79 Å². The molecule has 1 atom stereocenters. The van der Waals surface area contributed by atoms with E-state index in [9.17, 15) is 13.9 Å². The minimum atomic E-state index is -3.02. The second kappa shape index (κ2) is 4.89. The molecule has 1 aromatic carbocycles. The Kier molecular flexibility index (Phi) is 3.63. The number of aryl methyl sites for hydroxylation is 2. The maximum Gasteiger partial charge on any atom is 0.338 e. The predicted molar refractivity (Wildman–Crippen MR) is 68.8 cm³/mol. The van der Waals surface area contributed by atoms with Crippen LogP contribution in [0, 0.1) is 13.8 Å². The summed E-state index contributed by atoms with van der Waals surface area (Å²) >= 11 is 0. The van der Waals surface area contributed by atoms with Gasteiger partial charge >= 0.3 is 5.97 Å². The van der Waals surface area contributed by atoms with Gasteiger partial charge in [-0.3, -0.25) is 4.18 Å². The molecule has 18 heavy (non-hydrogen) atoms. The maximum atomic E-state index is 11.8. The lowest BCUT2D eigenvalue weighted by atomic mass is 10.1. The van der Waals surface area contributed by atoms with Gasteiger partial charge in [0.1, 0.15) is 12.7 Å². The zero-order valence-electron chi connectivity index (χ0n) is 10.3. The molecule has 0 saturated carbocycles. The third-order valence-electron chi connectivity index (χ3n) is 2.86. The highest BCUT2D eigenvalue weighted by atomic mass is 32.3. The Bertz CT molecular complexity index is 472. The largest absolute Gasteiger partial charge is 0.455 e. The molecule has 2 N–H and O–H groups in total. The van der Waals surface area contributed by atoms with Gasteiger partial charge in [-0.15, -0.1) is 0 Å². The Balaban J connectivity index is 2.02. The molecule has 2 rings (SSSR count). The number of ether oxygens (including phenoxy) is 1. The highest BCUT2D eigenvalue weighted by molar-refractivity contribution is 8.20. The Hall–Kier alpha value is -1.08. The van der Waals surface area contributed by atoms with E-state index in [1.54, 1.807) is 12.1 Å². The van der Waals surface area contributed by atoms with Crippen molar-refractivity contribution in [3.05, 3.63) is 34.9 Å². The summed E-state index contributed by atoms with van der Waals surface area (Å²) in [5.41, 5.74) is 2.57. The quantitative estimate of drug-likeness (QED) is 0.809. The van der Waals surface area contributed by atoms with Crippen LogP contribution >= 0.6 is 10.9 Å². The lowest BCUT2D eigenvalue weighted by Gasteiger charge is -2.17. The molecule has 1 aliphatic heterocycles. The van der Waals surface area contributed by atoms with Gasteiger partial charge < -0.3 is 13.8 Å². The van der Waals surface area contributed by atoms with Crippen molar-refractivity contribution in [3.63, 3.8) is 0 Å². The standard InChI is InChI=1S/C12H16O5S/c1-8-3-4-10(5-9(8)2)12(13)17-11-6-16-18(14,15)7-11/h3-5,11,14-15H,6-7H2,1-2H3. The fraction of sp³-hybridized carbons (Fsp3) is 0.417. The molecule has 0 spiro atoms. The molecule has 0 aromatic heterocycles. The highest BCUT2D eigenvalue weighted by Gasteiger charge is 2.35. The molecule has 100 valence electrons. The van der Waals surface area contributed by atoms with E-state index in [0.29, 0.717) is 5.56 Å². The van der Waals surface area contributed by atoms with Crippen LogP contribution < -0.4 is 0 Å². The second-order valence-corrected chi connectivity index (χ2v) is 6.17. The first-order valence-electron chi connectivity index (χ1n) is 5.56.